The Labute approximate surface area is 214 Å². The van der Waals surface area contributed by atoms with Crippen molar-refractivity contribution in [2.24, 2.45) is 0 Å². The fourth-order valence-corrected chi connectivity index (χ4v) is 4.64. The van der Waals surface area contributed by atoms with Crippen LogP contribution in [0.5, 0.6) is 5.75 Å². The summed E-state index contributed by atoms with van der Waals surface area (Å²) < 4.78 is 1.85. The highest BCUT2D eigenvalue weighted by molar-refractivity contribution is 6.07. The predicted molar refractivity (Wildman–Crippen MR) is 146 cm³/mol. The third-order valence-corrected chi connectivity index (χ3v) is 6.46. The number of phenolic OH excluding ortho intramolecular Hbond substituents is 1. The summed E-state index contributed by atoms with van der Waals surface area (Å²) >= 11 is 0. The molecule has 0 spiro atoms. The van der Waals surface area contributed by atoms with Crippen molar-refractivity contribution in [3.05, 3.63) is 120 Å². The zero-order chi connectivity index (χ0) is 25.4. The molecule has 6 rings (SSSR count). The number of aromatic nitrogens is 3. The van der Waals surface area contributed by atoms with Gasteiger partial charge in [-0.25, -0.2) is 9.67 Å². The number of nitrogens with zero attached hydrogens (tertiary/aromatic N) is 4. The van der Waals surface area contributed by atoms with Gasteiger partial charge >= 0.3 is 0 Å². The number of rotatable bonds is 4. The lowest BCUT2D eigenvalue weighted by Crippen LogP contribution is -2.01. The minimum absolute atomic E-state index is 0.162. The molecule has 0 saturated heterocycles. The van der Waals surface area contributed by atoms with Gasteiger partial charge in [0.1, 0.15) is 17.5 Å². The van der Waals surface area contributed by atoms with Crippen LogP contribution in [0.15, 0.2) is 109 Å². The monoisotopic (exact) mass is 478 g/mol. The molecule has 0 atom stereocenters. The van der Waals surface area contributed by atoms with Gasteiger partial charge in [0.15, 0.2) is 5.65 Å². The topological polar surface area (TPSA) is 74.7 Å². The number of nitriles is 1. The molecule has 0 aliphatic carbocycles. The average molecular weight is 479 g/mol. The van der Waals surface area contributed by atoms with Crippen LogP contribution in [-0.2, 0) is 0 Å². The summed E-state index contributed by atoms with van der Waals surface area (Å²) in [6.45, 7) is 2.03. The van der Waals surface area contributed by atoms with Crippen LogP contribution in [0.2, 0.25) is 0 Å². The number of fused-ring (bicyclic) bond motifs is 1. The van der Waals surface area contributed by atoms with Crippen molar-refractivity contribution in [1.82, 2.24) is 14.8 Å². The van der Waals surface area contributed by atoms with E-state index in [-0.39, 0.29) is 5.75 Å². The number of hydrogen-bond donors (Lipinski definition) is 1. The molecule has 2 aromatic heterocycles. The molecular weight excluding hydrogens is 456 g/mol. The summed E-state index contributed by atoms with van der Waals surface area (Å²) in [5, 5.41) is 26.3. The van der Waals surface area contributed by atoms with E-state index in [9.17, 15) is 10.4 Å². The predicted octanol–water partition coefficient (Wildman–Crippen LogP) is 7.31. The first-order chi connectivity index (χ1) is 18.1. The minimum atomic E-state index is 0.162. The summed E-state index contributed by atoms with van der Waals surface area (Å²) in [7, 11) is 0. The first kappa shape index (κ1) is 22.3. The van der Waals surface area contributed by atoms with Gasteiger partial charge in [-0.05, 0) is 36.8 Å². The van der Waals surface area contributed by atoms with Gasteiger partial charge in [0.25, 0.3) is 0 Å². The van der Waals surface area contributed by atoms with E-state index in [0.717, 1.165) is 44.6 Å². The molecule has 0 amide bonds. The van der Waals surface area contributed by atoms with Crippen LogP contribution in [-0.4, -0.2) is 19.9 Å². The Hall–Kier alpha value is -5.21. The largest absolute Gasteiger partial charge is 0.508 e. The Balaban J connectivity index is 1.81. The lowest BCUT2D eigenvalue weighted by Gasteiger charge is -2.13. The van der Waals surface area contributed by atoms with Crippen molar-refractivity contribution in [3.63, 3.8) is 0 Å². The van der Waals surface area contributed by atoms with Crippen LogP contribution in [0.4, 0.5) is 0 Å². The van der Waals surface area contributed by atoms with E-state index >= 15 is 0 Å². The normalized spacial score (nSPS) is 10.9. The van der Waals surface area contributed by atoms with Gasteiger partial charge in [0.2, 0.25) is 0 Å². The lowest BCUT2D eigenvalue weighted by atomic mass is 9.92. The second kappa shape index (κ2) is 9.10. The molecular formula is C32H22N4O. The van der Waals surface area contributed by atoms with Crippen LogP contribution in [0.1, 0.15) is 11.1 Å². The highest BCUT2D eigenvalue weighted by Crippen LogP contribution is 2.42. The number of hydrogen-bond acceptors (Lipinski definition) is 4. The van der Waals surface area contributed by atoms with E-state index in [0.29, 0.717) is 16.9 Å². The Kier molecular flexibility index (Phi) is 5.48. The van der Waals surface area contributed by atoms with Crippen molar-refractivity contribution in [1.29, 1.82) is 5.26 Å². The summed E-state index contributed by atoms with van der Waals surface area (Å²) in [6.07, 6.45) is 0. The molecule has 0 aliphatic heterocycles. The average Bonchev–Trinajstić information content (AvgIpc) is 3.33. The molecule has 0 aliphatic rings. The number of phenols is 1. The number of pyridine rings is 1. The molecule has 176 valence electrons. The smallest absolute Gasteiger partial charge is 0.164 e. The first-order valence-electron chi connectivity index (χ1n) is 12.0. The summed E-state index contributed by atoms with van der Waals surface area (Å²) in [5.41, 5.74) is 7.78. The molecule has 5 heteroatoms. The third-order valence-electron chi connectivity index (χ3n) is 6.46. The molecule has 0 saturated carbocycles. The maximum Gasteiger partial charge on any atom is 0.164 e. The second-order valence-electron chi connectivity index (χ2n) is 8.90. The van der Waals surface area contributed by atoms with E-state index in [1.807, 2.05) is 109 Å². The van der Waals surface area contributed by atoms with Gasteiger partial charge in [0, 0.05) is 16.7 Å². The number of para-hydroxylation sites is 1. The molecule has 5 nitrogen and oxygen atoms in total. The lowest BCUT2D eigenvalue weighted by molar-refractivity contribution is 0.475. The molecule has 0 radical (unpaired) electrons. The Morgan fingerprint density at radius 3 is 1.95 bits per heavy atom. The van der Waals surface area contributed by atoms with E-state index in [2.05, 4.69) is 6.07 Å². The molecule has 37 heavy (non-hydrogen) atoms. The molecule has 6 aromatic rings. The van der Waals surface area contributed by atoms with Gasteiger partial charge in [-0.1, -0.05) is 90.5 Å². The van der Waals surface area contributed by atoms with Gasteiger partial charge in [0.05, 0.1) is 22.3 Å². The van der Waals surface area contributed by atoms with Gasteiger partial charge in [-0.3, -0.25) is 0 Å². The Morgan fingerprint density at radius 1 is 0.703 bits per heavy atom. The standard InChI is InChI=1S/C32H22N4O/c1-21-12-14-24(15-13-21)30-27(20-33)28(22-16-18-26(37)19-17-22)29-31(23-8-4-2-5-9-23)35-36(32(29)34-30)25-10-6-3-7-11-25/h2-19,37H,1H3. The molecule has 1 N–H and O–H groups in total. The van der Waals surface area contributed by atoms with Gasteiger partial charge in [-0.15, -0.1) is 0 Å². The fourth-order valence-electron chi connectivity index (χ4n) is 4.64. The summed E-state index contributed by atoms with van der Waals surface area (Å²) in [4.78, 5) is 5.10. The number of aromatic hydroxyl groups is 1. The van der Waals surface area contributed by atoms with E-state index in [1.54, 1.807) is 12.1 Å². The second-order valence-corrected chi connectivity index (χ2v) is 8.90. The fraction of sp³-hybridized carbons (Fsp3) is 0.0312. The van der Waals surface area contributed by atoms with E-state index in [4.69, 9.17) is 10.1 Å². The zero-order valence-electron chi connectivity index (χ0n) is 20.1. The van der Waals surface area contributed by atoms with E-state index < -0.39 is 0 Å². The highest BCUT2D eigenvalue weighted by Gasteiger charge is 2.25. The Bertz CT molecular complexity index is 1760. The maximum atomic E-state index is 10.5. The number of benzene rings is 4. The molecule has 0 unspecified atom stereocenters. The van der Waals surface area contributed by atoms with Gasteiger partial charge in [-0.2, -0.15) is 10.4 Å². The van der Waals surface area contributed by atoms with Crippen molar-refractivity contribution < 1.29 is 5.11 Å². The number of aryl methyl sites for hydroxylation is 1. The molecule has 4 aromatic carbocycles. The Morgan fingerprint density at radius 2 is 1.30 bits per heavy atom. The zero-order valence-corrected chi connectivity index (χ0v) is 20.1. The van der Waals surface area contributed by atoms with Crippen molar-refractivity contribution in [2.45, 2.75) is 6.92 Å². The minimum Gasteiger partial charge on any atom is -0.508 e. The first-order valence-corrected chi connectivity index (χ1v) is 12.0. The maximum absolute atomic E-state index is 10.5. The van der Waals surface area contributed by atoms with Crippen LogP contribution in [0.3, 0.4) is 0 Å². The molecule has 2 heterocycles. The van der Waals surface area contributed by atoms with E-state index in [1.165, 1.54) is 0 Å². The highest BCUT2D eigenvalue weighted by atomic mass is 16.3. The quantitative estimate of drug-likeness (QED) is 0.288. The van der Waals surface area contributed by atoms with Crippen molar-refractivity contribution >= 4 is 11.0 Å². The van der Waals surface area contributed by atoms with Crippen LogP contribution in [0, 0.1) is 18.3 Å². The van der Waals surface area contributed by atoms with Crippen LogP contribution >= 0.6 is 0 Å². The summed E-state index contributed by atoms with van der Waals surface area (Å²) in [5.74, 6) is 0.162. The van der Waals surface area contributed by atoms with Gasteiger partial charge < -0.3 is 5.11 Å². The summed E-state index contributed by atoms with van der Waals surface area (Å²) in [6, 6.07) is 37.2. The van der Waals surface area contributed by atoms with Crippen LogP contribution < -0.4 is 0 Å². The van der Waals surface area contributed by atoms with Crippen molar-refractivity contribution in [3.8, 4) is 51.1 Å². The SMILES string of the molecule is Cc1ccc(-c2nc3c(c(-c4ccccc4)nn3-c3ccccc3)c(-c3ccc(O)cc3)c2C#N)cc1. The molecule has 0 bridgehead atoms. The van der Waals surface area contributed by atoms with Crippen LogP contribution in [0.25, 0.3) is 50.4 Å². The molecule has 0 fully saturated rings. The van der Waals surface area contributed by atoms with Crippen molar-refractivity contribution in [2.75, 3.05) is 0 Å². The third kappa shape index (κ3) is 3.91.